The third-order valence-corrected chi connectivity index (χ3v) is 15.0. The third-order valence-electron chi connectivity index (χ3n) is 15.0. The summed E-state index contributed by atoms with van der Waals surface area (Å²) in [5, 5.41) is 14.9. The molecule has 0 saturated carbocycles. The second kappa shape index (κ2) is 18.1. The van der Waals surface area contributed by atoms with Gasteiger partial charge in [-0.05, 0) is 155 Å². The number of halogens is 6. The molecule has 0 N–H and O–H groups in total. The van der Waals surface area contributed by atoms with Gasteiger partial charge < -0.3 is 9.13 Å². The molecule has 12 aromatic rings. The van der Waals surface area contributed by atoms with E-state index in [1.54, 1.807) is 12.1 Å². The van der Waals surface area contributed by atoms with Gasteiger partial charge in [0, 0.05) is 27.1 Å². The van der Waals surface area contributed by atoms with E-state index in [9.17, 15) is 5.26 Å². The fourth-order valence-corrected chi connectivity index (χ4v) is 11.2. The Balaban J connectivity index is 1.25. The van der Waals surface area contributed by atoms with E-state index in [0.717, 1.165) is 100 Å². The van der Waals surface area contributed by atoms with Crippen molar-refractivity contribution in [3.8, 4) is 73.1 Å². The maximum absolute atomic E-state index is 15.1. The van der Waals surface area contributed by atoms with E-state index in [1.165, 1.54) is 0 Å². The second-order valence-electron chi connectivity index (χ2n) is 19.7. The molecule has 0 fully saturated rings. The van der Waals surface area contributed by atoms with Crippen molar-refractivity contribution in [3.63, 3.8) is 0 Å². The molecule has 10 aromatic carbocycles. The molecule has 2 aromatic heterocycles. The van der Waals surface area contributed by atoms with Crippen molar-refractivity contribution in [1.29, 1.82) is 5.26 Å². The van der Waals surface area contributed by atoms with Gasteiger partial charge in [0.05, 0.1) is 50.1 Å². The highest BCUT2D eigenvalue weighted by Crippen LogP contribution is 2.46. The first-order valence-electron chi connectivity index (χ1n) is 24.8. The molecule has 370 valence electrons. The summed E-state index contributed by atoms with van der Waals surface area (Å²) in [5.74, 6) is 0. The fourth-order valence-electron chi connectivity index (χ4n) is 11.2. The molecule has 0 aliphatic heterocycles. The number of nitrogens with zero attached hydrogens (tertiary/aromatic N) is 3. The van der Waals surface area contributed by atoms with Crippen molar-refractivity contribution in [2.45, 2.75) is 40.0 Å². The Morgan fingerprint density at radius 2 is 0.645 bits per heavy atom. The minimum atomic E-state index is -5.14. The number of fused-ring (bicyclic) bond motifs is 6. The average molecular weight is 1010 g/mol. The van der Waals surface area contributed by atoms with E-state index in [0.29, 0.717) is 22.1 Å². The summed E-state index contributed by atoms with van der Waals surface area (Å²) in [5.41, 5.74) is 11.5. The Labute approximate surface area is 434 Å². The number of aromatic nitrogens is 2. The quantitative estimate of drug-likeness (QED) is 0.147. The molecule has 12 rings (SSSR count). The van der Waals surface area contributed by atoms with Gasteiger partial charge in [0.15, 0.2) is 0 Å². The van der Waals surface area contributed by atoms with E-state index in [1.807, 2.05) is 207 Å². The SMILES string of the molecule is Cc1ccccc1-c1ccc2c3ccc(-c4ccccc4C)cc3n(-c3cc(-c4cc(C(F)(F)F)cc(C(F)(F)F)c4)c(-n4c5cc(-c6ccccc6C)ccc5c5ccc(-c6ccccc6C)cc54)cc3C#N)c2c1. The monoisotopic (exact) mass is 1010 g/mol. The molecule has 3 nitrogen and oxygen atoms in total. The van der Waals surface area contributed by atoms with Gasteiger partial charge in [-0.15, -0.1) is 0 Å². The van der Waals surface area contributed by atoms with E-state index in [2.05, 4.69) is 6.07 Å². The molecule has 9 heteroatoms. The van der Waals surface area contributed by atoms with Gasteiger partial charge in [-0.3, -0.25) is 0 Å². The summed E-state index contributed by atoms with van der Waals surface area (Å²) in [4.78, 5) is 0. The van der Waals surface area contributed by atoms with Crippen molar-refractivity contribution in [1.82, 2.24) is 9.13 Å². The van der Waals surface area contributed by atoms with Gasteiger partial charge in [0.2, 0.25) is 0 Å². The molecule has 0 amide bonds. The Morgan fingerprint density at radius 1 is 0.329 bits per heavy atom. The smallest absolute Gasteiger partial charge is 0.309 e. The van der Waals surface area contributed by atoms with E-state index in [4.69, 9.17) is 0 Å². The zero-order chi connectivity index (χ0) is 52.8. The van der Waals surface area contributed by atoms with Crippen LogP contribution in [-0.2, 0) is 12.4 Å². The van der Waals surface area contributed by atoms with Crippen LogP contribution < -0.4 is 0 Å². The highest BCUT2D eigenvalue weighted by molar-refractivity contribution is 6.13. The van der Waals surface area contributed by atoms with Crippen LogP contribution in [0.4, 0.5) is 26.3 Å². The zero-order valence-corrected chi connectivity index (χ0v) is 41.7. The lowest BCUT2D eigenvalue weighted by Crippen LogP contribution is -2.11. The van der Waals surface area contributed by atoms with Crippen LogP contribution in [0.5, 0.6) is 0 Å². The second-order valence-corrected chi connectivity index (χ2v) is 19.7. The molecule has 0 spiro atoms. The largest absolute Gasteiger partial charge is 0.416 e. The average Bonchev–Trinajstić information content (AvgIpc) is 4.04. The van der Waals surface area contributed by atoms with Gasteiger partial charge in [-0.2, -0.15) is 31.6 Å². The number of alkyl halides is 6. The van der Waals surface area contributed by atoms with E-state index >= 15 is 26.3 Å². The predicted octanol–water partition coefficient (Wildman–Crippen LogP) is 19.4. The third kappa shape index (κ3) is 8.09. The number of hydrogen-bond donors (Lipinski definition) is 0. The Kier molecular flexibility index (Phi) is 11.4. The first kappa shape index (κ1) is 47.8. The van der Waals surface area contributed by atoms with Crippen molar-refractivity contribution in [2.75, 3.05) is 0 Å². The first-order valence-corrected chi connectivity index (χ1v) is 24.8. The summed E-state index contributed by atoms with van der Waals surface area (Å²) in [6, 6.07) is 63.5. The number of nitriles is 1. The number of benzene rings is 10. The lowest BCUT2D eigenvalue weighted by atomic mass is 9.95. The van der Waals surface area contributed by atoms with Crippen LogP contribution in [0.25, 0.3) is 111 Å². The van der Waals surface area contributed by atoms with Crippen LogP contribution in [0, 0.1) is 39.0 Å². The lowest BCUT2D eigenvalue weighted by molar-refractivity contribution is -0.143. The zero-order valence-electron chi connectivity index (χ0n) is 41.7. The van der Waals surface area contributed by atoms with Crippen LogP contribution in [0.3, 0.4) is 0 Å². The maximum atomic E-state index is 15.1. The van der Waals surface area contributed by atoms with Crippen molar-refractivity contribution < 1.29 is 26.3 Å². The van der Waals surface area contributed by atoms with Gasteiger partial charge >= 0.3 is 12.4 Å². The summed E-state index contributed by atoms with van der Waals surface area (Å²) in [6.07, 6.45) is -10.3. The normalized spacial score (nSPS) is 12.1. The van der Waals surface area contributed by atoms with E-state index in [-0.39, 0.29) is 34.1 Å². The maximum Gasteiger partial charge on any atom is 0.416 e. The molecule has 76 heavy (non-hydrogen) atoms. The topological polar surface area (TPSA) is 33.6 Å². The van der Waals surface area contributed by atoms with Gasteiger partial charge in [0.25, 0.3) is 0 Å². The highest BCUT2D eigenvalue weighted by Gasteiger charge is 2.38. The summed E-state index contributed by atoms with van der Waals surface area (Å²) in [6.45, 7) is 8.06. The molecule has 0 unspecified atom stereocenters. The van der Waals surface area contributed by atoms with E-state index < -0.39 is 23.5 Å². The molecule has 0 aliphatic carbocycles. The van der Waals surface area contributed by atoms with Crippen molar-refractivity contribution >= 4 is 43.6 Å². The first-order chi connectivity index (χ1) is 36.5. The van der Waals surface area contributed by atoms with Crippen LogP contribution >= 0.6 is 0 Å². The minimum absolute atomic E-state index is 0.0482. The Hall–Kier alpha value is -9.13. The van der Waals surface area contributed by atoms with Crippen LogP contribution in [0.15, 0.2) is 200 Å². The highest BCUT2D eigenvalue weighted by atomic mass is 19.4. The molecule has 0 radical (unpaired) electrons. The van der Waals surface area contributed by atoms with Gasteiger partial charge in [0.1, 0.15) is 6.07 Å². The van der Waals surface area contributed by atoms with Crippen molar-refractivity contribution in [3.05, 3.63) is 239 Å². The molecule has 0 aliphatic rings. The molecular weight excluding hydrogens is 961 g/mol. The minimum Gasteiger partial charge on any atom is -0.309 e. The number of hydrogen-bond acceptors (Lipinski definition) is 1. The molecule has 2 heterocycles. The van der Waals surface area contributed by atoms with Gasteiger partial charge in [-0.25, -0.2) is 0 Å². The van der Waals surface area contributed by atoms with Crippen LogP contribution in [0.1, 0.15) is 38.9 Å². The molecule has 0 bridgehead atoms. The standard InChI is InChI=1S/C67H45F6N3/c1-39-13-5-9-17-51(39)43-21-25-55-56-26-22-44(52-18-10-6-14-40(52)2)32-62(56)75(61(55)31-43)60-37-59(47-29-49(66(68,69)70)36-50(30-47)67(71,72)73)65(35-48(60)38-74)76-63-33-45(53-19-11-7-15-41(53)3)23-27-57(63)58-28-24-46(34-64(58)76)54-20-12-8-16-42(54)4/h5-37H,1-4H3. The summed E-state index contributed by atoms with van der Waals surface area (Å²) < 4.78 is 94.3. The van der Waals surface area contributed by atoms with Gasteiger partial charge in [-0.1, -0.05) is 146 Å². The number of rotatable bonds is 7. The predicted molar refractivity (Wildman–Crippen MR) is 296 cm³/mol. The Morgan fingerprint density at radius 3 is 0.947 bits per heavy atom. The van der Waals surface area contributed by atoms with Crippen LogP contribution in [0.2, 0.25) is 0 Å². The van der Waals surface area contributed by atoms with Crippen molar-refractivity contribution in [2.24, 2.45) is 0 Å². The van der Waals surface area contributed by atoms with Crippen LogP contribution in [-0.4, -0.2) is 9.13 Å². The molecule has 0 atom stereocenters. The summed E-state index contributed by atoms with van der Waals surface area (Å²) in [7, 11) is 0. The molecule has 0 saturated heterocycles. The lowest BCUT2D eigenvalue weighted by Gasteiger charge is -2.21. The fraction of sp³-hybridized carbons (Fsp3) is 0.0896. The summed E-state index contributed by atoms with van der Waals surface area (Å²) >= 11 is 0. The molecular formula is C67H45F6N3. The Bertz CT molecular complexity index is 4150. The number of aryl methyl sites for hydroxylation is 4.